The minimum atomic E-state index is 0.194. The maximum atomic E-state index is 6.06. The van der Waals surface area contributed by atoms with Gasteiger partial charge in [-0.25, -0.2) is 0 Å². The van der Waals surface area contributed by atoms with Crippen LogP contribution in [0.2, 0.25) is 0 Å². The molecule has 0 saturated heterocycles. The molecule has 5 nitrogen and oxygen atoms in total. The highest BCUT2D eigenvalue weighted by Gasteiger charge is 2.33. The summed E-state index contributed by atoms with van der Waals surface area (Å²) in [7, 11) is 1.85. The van der Waals surface area contributed by atoms with Gasteiger partial charge in [-0.3, -0.25) is 4.68 Å². The van der Waals surface area contributed by atoms with E-state index in [1.54, 1.807) is 4.68 Å². The van der Waals surface area contributed by atoms with Crippen molar-refractivity contribution in [2.45, 2.75) is 38.9 Å². The Hall–Kier alpha value is -2.17. The molecule has 5 heteroatoms. The standard InChI is InChI=1S/C16H19N3O2/c1-8-4-10-6-13-11(5-9(2)20-13)15(16(10)21-8)12-7-14(17)19(3)18-12/h6-9H,4-5,17H2,1-3H3. The number of aromatic nitrogens is 2. The van der Waals surface area contributed by atoms with Crippen molar-refractivity contribution in [3.05, 3.63) is 23.3 Å². The summed E-state index contributed by atoms with van der Waals surface area (Å²) in [5, 5.41) is 4.54. The van der Waals surface area contributed by atoms with E-state index in [-0.39, 0.29) is 12.2 Å². The number of hydrogen-bond acceptors (Lipinski definition) is 4. The van der Waals surface area contributed by atoms with Crippen LogP contribution in [0, 0.1) is 0 Å². The van der Waals surface area contributed by atoms with Gasteiger partial charge in [0.1, 0.15) is 29.5 Å². The number of rotatable bonds is 1. The van der Waals surface area contributed by atoms with E-state index in [0.29, 0.717) is 5.82 Å². The van der Waals surface area contributed by atoms with Gasteiger partial charge >= 0.3 is 0 Å². The average molecular weight is 285 g/mol. The van der Waals surface area contributed by atoms with E-state index in [2.05, 4.69) is 25.0 Å². The van der Waals surface area contributed by atoms with Crippen molar-refractivity contribution in [1.29, 1.82) is 0 Å². The highest BCUT2D eigenvalue weighted by Crippen LogP contribution is 2.47. The maximum absolute atomic E-state index is 6.06. The summed E-state index contributed by atoms with van der Waals surface area (Å²) in [5.74, 6) is 2.57. The first kappa shape index (κ1) is 12.6. The minimum Gasteiger partial charge on any atom is -0.490 e. The van der Waals surface area contributed by atoms with Crippen LogP contribution in [0.5, 0.6) is 11.5 Å². The molecule has 2 aromatic rings. The lowest BCUT2D eigenvalue weighted by Gasteiger charge is -2.11. The van der Waals surface area contributed by atoms with Crippen LogP contribution in [0.3, 0.4) is 0 Å². The second kappa shape index (κ2) is 4.16. The lowest BCUT2D eigenvalue weighted by Crippen LogP contribution is -2.07. The van der Waals surface area contributed by atoms with Crippen molar-refractivity contribution < 1.29 is 9.47 Å². The van der Waals surface area contributed by atoms with Crippen molar-refractivity contribution in [2.75, 3.05) is 5.73 Å². The molecule has 21 heavy (non-hydrogen) atoms. The molecule has 3 heterocycles. The third-order valence-electron chi connectivity index (χ3n) is 4.24. The summed E-state index contributed by atoms with van der Waals surface area (Å²) >= 11 is 0. The fourth-order valence-electron chi connectivity index (χ4n) is 3.30. The van der Waals surface area contributed by atoms with E-state index in [1.165, 1.54) is 11.1 Å². The zero-order valence-electron chi connectivity index (χ0n) is 12.5. The third-order valence-corrected chi connectivity index (χ3v) is 4.24. The van der Waals surface area contributed by atoms with Gasteiger partial charge < -0.3 is 15.2 Å². The number of hydrogen-bond donors (Lipinski definition) is 1. The van der Waals surface area contributed by atoms with Gasteiger partial charge in [-0.05, 0) is 19.9 Å². The van der Waals surface area contributed by atoms with E-state index in [0.717, 1.165) is 35.6 Å². The molecule has 0 bridgehead atoms. The number of nitrogens with zero attached hydrogens (tertiary/aromatic N) is 2. The topological polar surface area (TPSA) is 62.3 Å². The molecular formula is C16H19N3O2. The molecular weight excluding hydrogens is 266 g/mol. The molecule has 0 saturated carbocycles. The Morgan fingerprint density at radius 2 is 1.95 bits per heavy atom. The monoisotopic (exact) mass is 285 g/mol. The third kappa shape index (κ3) is 1.80. The van der Waals surface area contributed by atoms with Crippen LogP contribution < -0.4 is 15.2 Å². The SMILES string of the molecule is CC1Cc2c(cc3c(c2-c2cc(N)n(C)n2)OC(C)C3)O1. The zero-order chi connectivity index (χ0) is 14.7. The van der Waals surface area contributed by atoms with Gasteiger partial charge in [0.05, 0.1) is 11.3 Å². The number of benzene rings is 1. The second-order valence-corrected chi connectivity index (χ2v) is 6.06. The number of fused-ring (bicyclic) bond motifs is 2. The molecule has 0 radical (unpaired) electrons. The van der Waals surface area contributed by atoms with Crippen LogP contribution in [0.4, 0.5) is 5.82 Å². The average Bonchev–Trinajstić information content (AvgIpc) is 3.03. The molecule has 0 aliphatic carbocycles. The Bertz CT molecular complexity index is 680. The van der Waals surface area contributed by atoms with Crippen LogP contribution in [0.1, 0.15) is 25.0 Å². The Labute approximate surface area is 123 Å². The van der Waals surface area contributed by atoms with Crippen LogP contribution in [0.25, 0.3) is 11.3 Å². The first-order chi connectivity index (χ1) is 10.0. The van der Waals surface area contributed by atoms with Crippen LogP contribution in [-0.4, -0.2) is 22.0 Å². The van der Waals surface area contributed by atoms with Crippen LogP contribution in [0.15, 0.2) is 12.1 Å². The first-order valence-corrected chi connectivity index (χ1v) is 7.35. The van der Waals surface area contributed by atoms with E-state index in [1.807, 2.05) is 13.1 Å². The second-order valence-electron chi connectivity index (χ2n) is 6.06. The van der Waals surface area contributed by atoms with Gasteiger partial charge in [-0.15, -0.1) is 0 Å². The molecule has 0 spiro atoms. The number of nitrogens with two attached hydrogens (primary N) is 1. The fraction of sp³-hybridized carbons (Fsp3) is 0.438. The zero-order valence-corrected chi connectivity index (χ0v) is 12.5. The molecule has 2 N–H and O–H groups in total. The predicted molar refractivity (Wildman–Crippen MR) is 80.6 cm³/mol. The number of nitrogen functional groups attached to an aromatic ring is 1. The highest BCUT2D eigenvalue weighted by molar-refractivity contribution is 5.78. The molecule has 1 aromatic carbocycles. The Kier molecular flexibility index (Phi) is 2.49. The molecule has 0 amide bonds. The summed E-state index contributed by atoms with van der Waals surface area (Å²) in [6.45, 7) is 4.18. The summed E-state index contributed by atoms with van der Waals surface area (Å²) in [6.07, 6.45) is 2.18. The number of aryl methyl sites for hydroxylation is 1. The van der Waals surface area contributed by atoms with E-state index >= 15 is 0 Å². The molecule has 2 atom stereocenters. The Morgan fingerprint density at radius 3 is 2.67 bits per heavy atom. The number of ether oxygens (including phenoxy) is 2. The lowest BCUT2D eigenvalue weighted by atomic mass is 9.96. The van der Waals surface area contributed by atoms with Crippen molar-refractivity contribution in [1.82, 2.24) is 9.78 Å². The molecule has 0 fully saturated rings. The molecule has 1 aromatic heterocycles. The van der Waals surface area contributed by atoms with Gasteiger partial charge in [-0.2, -0.15) is 5.10 Å². The molecule has 2 unspecified atom stereocenters. The molecule has 2 aliphatic rings. The Balaban J connectivity index is 1.97. The maximum Gasteiger partial charge on any atom is 0.133 e. The van der Waals surface area contributed by atoms with Gasteiger partial charge in [-0.1, -0.05) is 0 Å². The normalized spacial score (nSPS) is 22.6. The quantitative estimate of drug-likeness (QED) is 0.873. The lowest BCUT2D eigenvalue weighted by molar-refractivity contribution is 0.254. The fourth-order valence-corrected chi connectivity index (χ4v) is 3.30. The largest absolute Gasteiger partial charge is 0.490 e. The smallest absolute Gasteiger partial charge is 0.133 e. The summed E-state index contributed by atoms with van der Waals surface area (Å²) < 4.78 is 13.7. The van der Waals surface area contributed by atoms with Crippen molar-refractivity contribution in [2.24, 2.45) is 7.05 Å². The highest BCUT2D eigenvalue weighted by atomic mass is 16.5. The first-order valence-electron chi connectivity index (χ1n) is 7.35. The summed E-state index contributed by atoms with van der Waals surface area (Å²) in [5.41, 5.74) is 10.3. The van der Waals surface area contributed by atoms with Crippen molar-refractivity contribution in [3.63, 3.8) is 0 Å². The number of anilines is 1. The van der Waals surface area contributed by atoms with Crippen LogP contribution in [-0.2, 0) is 19.9 Å². The predicted octanol–water partition coefficient (Wildman–Crippen LogP) is 2.32. The molecule has 2 aliphatic heterocycles. The van der Waals surface area contributed by atoms with Gasteiger partial charge in [0, 0.05) is 37.1 Å². The molecule has 110 valence electrons. The minimum absolute atomic E-state index is 0.194. The van der Waals surface area contributed by atoms with E-state index in [4.69, 9.17) is 15.2 Å². The van der Waals surface area contributed by atoms with Crippen molar-refractivity contribution in [3.8, 4) is 22.8 Å². The van der Waals surface area contributed by atoms with E-state index < -0.39 is 0 Å². The van der Waals surface area contributed by atoms with Gasteiger partial charge in [0.15, 0.2) is 0 Å². The van der Waals surface area contributed by atoms with Gasteiger partial charge in [0.2, 0.25) is 0 Å². The van der Waals surface area contributed by atoms with E-state index in [9.17, 15) is 0 Å². The van der Waals surface area contributed by atoms with Crippen molar-refractivity contribution >= 4 is 5.82 Å². The molecule has 4 rings (SSSR count). The van der Waals surface area contributed by atoms with Gasteiger partial charge in [0.25, 0.3) is 0 Å². The summed E-state index contributed by atoms with van der Waals surface area (Å²) in [6, 6.07) is 4.04. The van der Waals surface area contributed by atoms with Crippen LogP contribution >= 0.6 is 0 Å². The summed E-state index contributed by atoms with van der Waals surface area (Å²) in [4.78, 5) is 0. The Morgan fingerprint density at radius 1 is 1.19 bits per heavy atom.